The number of benzene rings is 1. The van der Waals surface area contributed by atoms with Gasteiger partial charge in [-0.3, -0.25) is 9.59 Å². The lowest BCUT2D eigenvalue weighted by Gasteiger charge is -2.36. The maximum Gasteiger partial charge on any atom is 0.408 e. The molecule has 210 valence electrons. The van der Waals surface area contributed by atoms with Gasteiger partial charge >= 0.3 is 6.09 Å². The van der Waals surface area contributed by atoms with Gasteiger partial charge in [-0.25, -0.2) is 4.79 Å². The Morgan fingerprint density at radius 3 is 2.08 bits per heavy atom. The lowest BCUT2D eigenvalue weighted by molar-refractivity contribution is -0.143. The van der Waals surface area contributed by atoms with E-state index in [2.05, 4.69) is 24.5 Å². The van der Waals surface area contributed by atoms with Gasteiger partial charge in [0, 0.05) is 13.1 Å². The smallest absolute Gasteiger partial charge is 0.408 e. The summed E-state index contributed by atoms with van der Waals surface area (Å²) in [5.41, 5.74) is 2.09. The molecule has 1 aromatic rings. The van der Waals surface area contributed by atoms with E-state index in [1.807, 2.05) is 45.9 Å². The van der Waals surface area contributed by atoms with Gasteiger partial charge in [-0.15, -0.1) is 0 Å². The van der Waals surface area contributed by atoms with Gasteiger partial charge in [0.25, 0.3) is 0 Å². The van der Waals surface area contributed by atoms with Crippen molar-refractivity contribution >= 4 is 17.9 Å². The molecule has 0 spiro atoms. The van der Waals surface area contributed by atoms with Crippen molar-refractivity contribution in [3.05, 3.63) is 34.9 Å². The molecule has 0 fully saturated rings. The van der Waals surface area contributed by atoms with Crippen molar-refractivity contribution in [3.63, 3.8) is 0 Å². The van der Waals surface area contributed by atoms with Crippen molar-refractivity contribution in [2.24, 2.45) is 5.92 Å². The van der Waals surface area contributed by atoms with Crippen LogP contribution in [0.3, 0.4) is 0 Å². The van der Waals surface area contributed by atoms with Crippen LogP contribution in [0.1, 0.15) is 110 Å². The van der Waals surface area contributed by atoms with E-state index in [4.69, 9.17) is 4.74 Å². The van der Waals surface area contributed by atoms with Gasteiger partial charge in [0.15, 0.2) is 0 Å². The third kappa shape index (κ3) is 11.1. The Hall–Kier alpha value is -2.57. The number of rotatable bonds is 14. The maximum absolute atomic E-state index is 14.2. The highest BCUT2D eigenvalue weighted by Gasteiger charge is 2.37. The molecule has 7 nitrogen and oxygen atoms in total. The van der Waals surface area contributed by atoms with Crippen LogP contribution in [0, 0.1) is 19.8 Å². The molecule has 0 saturated heterocycles. The number of aryl methyl sites for hydroxylation is 2. The molecule has 0 radical (unpaired) electrons. The first-order valence-corrected chi connectivity index (χ1v) is 14.0. The number of alkyl carbamates (subject to hydrolysis) is 1. The summed E-state index contributed by atoms with van der Waals surface area (Å²) in [7, 11) is 0. The molecule has 0 aromatic heterocycles. The lowest BCUT2D eigenvalue weighted by Crippen LogP contribution is -2.54. The van der Waals surface area contributed by atoms with E-state index in [0.717, 1.165) is 48.8 Å². The lowest BCUT2D eigenvalue weighted by atomic mass is 9.92. The van der Waals surface area contributed by atoms with Gasteiger partial charge in [0.1, 0.15) is 17.7 Å². The quantitative estimate of drug-likeness (QED) is 0.287. The molecule has 3 amide bonds. The highest BCUT2D eigenvalue weighted by Crippen LogP contribution is 2.29. The predicted molar refractivity (Wildman–Crippen MR) is 150 cm³/mol. The first-order valence-electron chi connectivity index (χ1n) is 14.0. The summed E-state index contributed by atoms with van der Waals surface area (Å²) in [6.07, 6.45) is 4.41. The van der Waals surface area contributed by atoms with E-state index in [0.29, 0.717) is 19.5 Å². The van der Waals surface area contributed by atoms with Gasteiger partial charge < -0.3 is 20.3 Å². The standard InChI is InChI=1S/C30H51N3O4/c1-10-12-14-18-31-27(34)26(25-22(5)16-15-17-23(25)6)33(19-13-11-2)28(35)24(20-21(3)4)32-29(36)37-30(7,8)9/h15-17,21,24,26H,10-14,18-20H2,1-9H3,(H,31,34)(H,32,36). The third-order valence-electron chi connectivity index (χ3n) is 6.19. The van der Waals surface area contributed by atoms with E-state index in [1.165, 1.54) is 0 Å². The average Bonchev–Trinajstić information content (AvgIpc) is 2.78. The van der Waals surface area contributed by atoms with Gasteiger partial charge in [-0.1, -0.05) is 65.2 Å². The number of unbranched alkanes of at least 4 members (excludes halogenated alkanes) is 3. The van der Waals surface area contributed by atoms with Crippen LogP contribution in [0.5, 0.6) is 0 Å². The molecule has 2 unspecified atom stereocenters. The zero-order chi connectivity index (χ0) is 28.2. The van der Waals surface area contributed by atoms with E-state index in [9.17, 15) is 14.4 Å². The molecule has 2 atom stereocenters. The van der Waals surface area contributed by atoms with Crippen molar-refractivity contribution < 1.29 is 19.1 Å². The molecule has 0 bridgehead atoms. The summed E-state index contributed by atoms with van der Waals surface area (Å²) in [5, 5.41) is 5.90. The van der Waals surface area contributed by atoms with Gasteiger partial charge in [-0.2, -0.15) is 0 Å². The molecular formula is C30H51N3O4. The Bertz CT molecular complexity index is 856. The second-order valence-corrected chi connectivity index (χ2v) is 11.4. The van der Waals surface area contributed by atoms with Crippen molar-refractivity contribution in [1.82, 2.24) is 15.5 Å². The average molecular weight is 518 g/mol. The molecule has 1 aromatic carbocycles. The van der Waals surface area contributed by atoms with E-state index < -0.39 is 23.8 Å². The molecule has 2 N–H and O–H groups in total. The second kappa shape index (κ2) is 15.6. The fourth-order valence-corrected chi connectivity index (χ4v) is 4.41. The summed E-state index contributed by atoms with van der Waals surface area (Å²) in [6, 6.07) is 4.34. The summed E-state index contributed by atoms with van der Waals surface area (Å²) in [5.74, 6) is -0.290. The van der Waals surface area contributed by atoms with Crippen molar-refractivity contribution in [3.8, 4) is 0 Å². The molecule has 0 aliphatic carbocycles. The Labute approximate surface area is 225 Å². The van der Waals surface area contributed by atoms with Crippen LogP contribution in [-0.4, -0.2) is 47.5 Å². The largest absolute Gasteiger partial charge is 0.444 e. The number of carbonyl (C=O) groups is 3. The highest BCUT2D eigenvalue weighted by molar-refractivity contribution is 5.92. The van der Waals surface area contributed by atoms with Gasteiger partial charge in [0.2, 0.25) is 11.8 Å². The number of nitrogens with zero attached hydrogens (tertiary/aromatic N) is 1. The third-order valence-corrected chi connectivity index (χ3v) is 6.19. The number of hydrogen-bond donors (Lipinski definition) is 2. The fourth-order valence-electron chi connectivity index (χ4n) is 4.41. The van der Waals surface area contributed by atoms with Crippen LogP contribution in [0.4, 0.5) is 4.79 Å². The summed E-state index contributed by atoms with van der Waals surface area (Å²) >= 11 is 0. The minimum absolute atomic E-state index is 0.151. The van der Waals surface area contributed by atoms with Crippen LogP contribution >= 0.6 is 0 Å². The van der Waals surface area contributed by atoms with E-state index in [-0.39, 0.29) is 17.7 Å². The molecule has 1 rings (SSSR count). The summed E-state index contributed by atoms with van der Waals surface area (Å²) in [4.78, 5) is 42.3. The zero-order valence-corrected chi connectivity index (χ0v) is 24.7. The Morgan fingerprint density at radius 1 is 0.973 bits per heavy atom. The first-order chi connectivity index (χ1) is 17.3. The predicted octanol–water partition coefficient (Wildman–Crippen LogP) is 6.22. The van der Waals surface area contributed by atoms with Gasteiger partial charge in [-0.05, 0) is 76.5 Å². The SMILES string of the molecule is CCCCCNC(=O)C(c1c(C)cccc1C)N(CCCC)C(=O)C(CC(C)C)NC(=O)OC(C)(C)C. The summed E-state index contributed by atoms with van der Waals surface area (Å²) in [6.45, 7) is 18.5. The number of hydrogen-bond acceptors (Lipinski definition) is 4. The normalized spacial score (nSPS) is 13.1. The highest BCUT2D eigenvalue weighted by atomic mass is 16.6. The van der Waals surface area contributed by atoms with Crippen molar-refractivity contribution in [2.45, 2.75) is 119 Å². The Kier molecular flexibility index (Phi) is 13.7. The van der Waals surface area contributed by atoms with Crippen LogP contribution in [0.25, 0.3) is 0 Å². The van der Waals surface area contributed by atoms with Crippen molar-refractivity contribution in [2.75, 3.05) is 13.1 Å². The van der Waals surface area contributed by atoms with Crippen LogP contribution in [0.2, 0.25) is 0 Å². The topological polar surface area (TPSA) is 87.7 Å². The molecule has 0 aliphatic heterocycles. The minimum atomic E-state index is -0.800. The van der Waals surface area contributed by atoms with Crippen LogP contribution in [-0.2, 0) is 14.3 Å². The van der Waals surface area contributed by atoms with Crippen molar-refractivity contribution in [1.29, 1.82) is 0 Å². The molecule has 37 heavy (non-hydrogen) atoms. The molecular weight excluding hydrogens is 466 g/mol. The summed E-state index contributed by atoms with van der Waals surface area (Å²) < 4.78 is 5.47. The first kappa shape index (κ1) is 32.5. The monoisotopic (exact) mass is 517 g/mol. The number of amides is 3. The second-order valence-electron chi connectivity index (χ2n) is 11.4. The Morgan fingerprint density at radius 2 is 1.57 bits per heavy atom. The number of ether oxygens (including phenoxy) is 1. The molecule has 7 heteroatoms. The van der Waals surface area contributed by atoms with Gasteiger partial charge in [0.05, 0.1) is 0 Å². The molecule has 0 saturated carbocycles. The molecule has 0 heterocycles. The number of carbonyl (C=O) groups excluding carboxylic acids is 3. The number of nitrogens with one attached hydrogen (secondary N) is 2. The Balaban J connectivity index is 3.50. The van der Waals surface area contributed by atoms with Crippen LogP contribution < -0.4 is 10.6 Å². The fraction of sp³-hybridized carbons (Fsp3) is 0.700. The van der Waals surface area contributed by atoms with E-state index in [1.54, 1.807) is 25.7 Å². The van der Waals surface area contributed by atoms with E-state index >= 15 is 0 Å². The molecule has 0 aliphatic rings. The zero-order valence-electron chi connectivity index (χ0n) is 24.7. The van der Waals surface area contributed by atoms with Crippen LogP contribution in [0.15, 0.2) is 18.2 Å². The maximum atomic E-state index is 14.2. The minimum Gasteiger partial charge on any atom is -0.444 e.